The predicted octanol–water partition coefficient (Wildman–Crippen LogP) is 2.98. The first-order chi connectivity index (χ1) is 9.24. The zero-order chi connectivity index (χ0) is 13.7. The van der Waals surface area contributed by atoms with Crippen LogP contribution in [0.25, 0.3) is 0 Å². The van der Waals surface area contributed by atoms with Crippen molar-refractivity contribution in [1.29, 1.82) is 0 Å². The zero-order valence-corrected chi connectivity index (χ0v) is 12.8. The Morgan fingerprint density at radius 1 is 1.37 bits per heavy atom. The number of halogens is 1. The van der Waals surface area contributed by atoms with Crippen LogP contribution in [0.2, 0.25) is 5.15 Å². The van der Waals surface area contributed by atoms with Gasteiger partial charge in [-0.25, -0.2) is 9.97 Å². The van der Waals surface area contributed by atoms with Crippen LogP contribution in [0.5, 0.6) is 0 Å². The molecule has 1 N–H and O–H groups in total. The van der Waals surface area contributed by atoms with Gasteiger partial charge in [0.2, 0.25) is 0 Å². The molecule has 0 aromatic carbocycles. The van der Waals surface area contributed by atoms with E-state index in [1.165, 1.54) is 31.0 Å². The molecule has 0 atom stereocenters. The van der Waals surface area contributed by atoms with E-state index in [2.05, 4.69) is 14.9 Å². The van der Waals surface area contributed by atoms with E-state index in [0.717, 1.165) is 18.7 Å². The molecule has 1 aliphatic rings. The average molecular weight is 302 g/mol. The average Bonchev–Trinajstić information content (AvgIpc) is 2.45. The largest absolute Gasteiger partial charge is 0.395 e. The van der Waals surface area contributed by atoms with Crippen molar-refractivity contribution in [3.63, 3.8) is 0 Å². The molecule has 0 saturated heterocycles. The lowest BCUT2D eigenvalue weighted by Crippen LogP contribution is -2.39. The van der Waals surface area contributed by atoms with Gasteiger partial charge in [-0.05, 0) is 19.1 Å². The van der Waals surface area contributed by atoms with Gasteiger partial charge in [0.25, 0.3) is 0 Å². The molecule has 0 radical (unpaired) electrons. The zero-order valence-electron chi connectivity index (χ0n) is 11.2. The number of aliphatic hydroxyl groups excluding tert-OH is 1. The molecule has 1 fully saturated rings. The molecule has 0 bridgehead atoms. The quantitative estimate of drug-likeness (QED) is 0.515. The first-order valence-corrected chi connectivity index (χ1v) is 8.31. The minimum Gasteiger partial charge on any atom is -0.395 e. The standard InChI is InChI=1S/C13H20ClN3OS/c1-19-13-15-11(14)9-12(16-13)17(7-8-18)10-5-3-2-4-6-10/h9-10,18H,2-8H2,1H3. The molecular formula is C13H20ClN3OS. The summed E-state index contributed by atoms with van der Waals surface area (Å²) < 4.78 is 0. The Labute approximate surface area is 123 Å². The van der Waals surface area contributed by atoms with Crippen LogP contribution in [0, 0.1) is 0 Å². The molecule has 0 amide bonds. The summed E-state index contributed by atoms with van der Waals surface area (Å²) in [6, 6.07) is 2.26. The van der Waals surface area contributed by atoms with Crippen LogP contribution in [0.15, 0.2) is 11.2 Å². The molecule has 0 aliphatic heterocycles. The second-order valence-corrected chi connectivity index (χ2v) is 5.91. The highest BCUT2D eigenvalue weighted by Gasteiger charge is 2.22. The van der Waals surface area contributed by atoms with E-state index in [1.807, 2.05) is 6.26 Å². The number of rotatable bonds is 5. The van der Waals surface area contributed by atoms with E-state index < -0.39 is 0 Å². The van der Waals surface area contributed by atoms with Crippen LogP contribution in [0.1, 0.15) is 32.1 Å². The van der Waals surface area contributed by atoms with Crippen molar-refractivity contribution in [1.82, 2.24) is 9.97 Å². The van der Waals surface area contributed by atoms with Crippen LogP contribution >= 0.6 is 23.4 Å². The van der Waals surface area contributed by atoms with E-state index in [1.54, 1.807) is 6.07 Å². The number of hydrogen-bond acceptors (Lipinski definition) is 5. The molecule has 0 spiro atoms. The van der Waals surface area contributed by atoms with Crippen molar-refractivity contribution in [2.75, 3.05) is 24.3 Å². The van der Waals surface area contributed by atoms with Crippen molar-refractivity contribution in [3.05, 3.63) is 11.2 Å². The van der Waals surface area contributed by atoms with Crippen molar-refractivity contribution in [2.45, 2.75) is 43.3 Å². The summed E-state index contributed by atoms with van der Waals surface area (Å²) in [6.07, 6.45) is 8.07. The lowest BCUT2D eigenvalue weighted by Gasteiger charge is -2.35. The van der Waals surface area contributed by atoms with Crippen LogP contribution < -0.4 is 4.90 Å². The molecular weight excluding hydrogens is 282 g/mol. The van der Waals surface area contributed by atoms with Gasteiger partial charge >= 0.3 is 0 Å². The summed E-state index contributed by atoms with van der Waals surface area (Å²) >= 11 is 7.54. The normalized spacial score (nSPS) is 16.6. The number of anilines is 1. The smallest absolute Gasteiger partial charge is 0.190 e. The summed E-state index contributed by atoms with van der Waals surface area (Å²) in [5, 5.41) is 10.4. The SMILES string of the molecule is CSc1nc(Cl)cc(N(CCO)C2CCCCC2)n1. The lowest BCUT2D eigenvalue weighted by atomic mass is 9.94. The molecule has 1 aliphatic carbocycles. The topological polar surface area (TPSA) is 49.2 Å². The fraction of sp³-hybridized carbons (Fsp3) is 0.692. The van der Waals surface area contributed by atoms with Crippen molar-refractivity contribution in [3.8, 4) is 0 Å². The number of aromatic nitrogens is 2. The Morgan fingerprint density at radius 3 is 2.74 bits per heavy atom. The van der Waals surface area contributed by atoms with Gasteiger partial charge in [-0.15, -0.1) is 0 Å². The molecule has 1 saturated carbocycles. The lowest BCUT2D eigenvalue weighted by molar-refractivity contribution is 0.289. The van der Waals surface area contributed by atoms with E-state index in [9.17, 15) is 5.11 Å². The summed E-state index contributed by atoms with van der Waals surface area (Å²) in [7, 11) is 0. The highest BCUT2D eigenvalue weighted by atomic mass is 35.5. The number of aliphatic hydroxyl groups is 1. The van der Waals surface area contributed by atoms with E-state index >= 15 is 0 Å². The van der Waals surface area contributed by atoms with Crippen LogP contribution in [0.4, 0.5) is 5.82 Å². The minimum atomic E-state index is 0.132. The third kappa shape index (κ3) is 3.97. The van der Waals surface area contributed by atoms with Crippen LogP contribution in [-0.4, -0.2) is 40.5 Å². The molecule has 1 aromatic rings. The number of nitrogens with zero attached hydrogens (tertiary/aromatic N) is 3. The van der Waals surface area contributed by atoms with Crippen molar-refractivity contribution < 1.29 is 5.11 Å². The Bertz CT molecular complexity index is 413. The third-order valence-electron chi connectivity index (χ3n) is 3.49. The van der Waals surface area contributed by atoms with E-state index in [0.29, 0.717) is 22.9 Å². The van der Waals surface area contributed by atoms with Crippen LogP contribution in [-0.2, 0) is 0 Å². The molecule has 106 valence electrons. The maximum atomic E-state index is 9.30. The maximum Gasteiger partial charge on any atom is 0.190 e. The first kappa shape index (κ1) is 14.9. The Morgan fingerprint density at radius 2 is 2.11 bits per heavy atom. The molecule has 2 rings (SSSR count). The van der Waals surface area contributed by atoms with Gasteiger partial charge in [-0.1, -0.05) is 42.6 Å². The minimum absolute atomic E-state index is 0.132. The summed E-state index contributed by atoms with van der Waals surface area (Å²) in [5.41, 5.74) is 0. The van der Waals surface area contributed by atoms with Gasteiger partial charge in [0, 0.05) is 18.7 Å². The summed E-state index contributed by atoms with van der Waals surface area (Å²) in [4.78, 5) is 10.9. The molecule has 6 heteroatoms. The van der Waals surface area contributed by atoms with Gasteiger partial charge in [0.05, 0.1) is 6.61 Å². The van der Waals surface area contributed by atoms with E-state index in [-0.39, 0.29) is 6.61 Å². The first-order valence-electron chi connectivity index (χ1n) is 6.70. The van der Waals surface area contributed by atoms with Gasteiger partial charge < -0.3 is 10.0 Å². The third-order valence-corrected chi connectivity index (χ3v) is 4.24. The van der Waals surface area contributed by atoms with Gasteiger partial charge in [0.15, 0.2) is 5.16 Å². The highest BCUT2D eigenvalue weighted by molar-refractivity contribution is 7.98. The highest BCUT2D eigenvalue weighted by Crippen LogP contribution is 2.28. The van der Waals surface area contributed by atoms with Crippen molar-refractivity contribution >= 4 is 29.2 Å². The van der Waals surface area contributed by atoms with Crippen molar-refractivity contribution in [2.24, 2.45) is 0 Å². The molecule has 4 nitrogen and oxygen atoms in total. The van der Waals surface area contributed by atoms with Gasteiger partial charge in [0.1, 0.15) is 11.0 Å². The fourth-order valence-corrected chi connectivity index (χ4v) is 3.21. The monoisotopic (exact) mass is 301 g/mol. The summed E-state index contributed by atoms with van der Waals surface area (Å²) in [5.74, 6) is 0.838. The molecule has 19 heavy (non-hydrogen) atoms. The second kappa shape index (κ2) is 7.31. The van der Waals surface area contributed by atoms with Gasteiger partial charge in [-0.3, -0.25) is 0 Å². The van der Waals surface area contributed by atoms with E-state index in [4.69, 9.17) is 11.6 Å². The Kier molecular flexibility index (Phi) is 5.73. The maximum absolute atomic E-state index is 9.30. The molecule has 1 heterocycles. The fourth-order valence-electron chi connectivity index (χ4n) is 2.61. The Balaban J connectivity index is 2.24. The predicted molar refractivity (Wildman–Crippen MR) is 80.1 cm³/mol. The molecule has 1 aromatic heterocycles. The van der Waals surface area contributed by atoms with Crippen LogP contribution in [0.3, 0.4) is 0 Å². The number of thioether (sulfide) groups is 1. The van der Waals surface area contributed by atoms with Gasteiger partial charge in [-0.2, -0.15) is 0 Å². The number of hydrogen-bond donors (Lipinski definition) is 1. The Hall–Kier alpha value is -0.520. The second-order valence-electron chi connectivity index (χ2n) is 4.74. The summed E-state index contributed by atoms with van der Waals surface area (Å²) in [6.45, 7) is 0.735. The molecule has 0 unspecified atom stereocenters.